The van der Waals surface area contributed by atoms with Gasteiger partial charge in [-0.15, -0.1) is 5.10 Å². The smallest absolute Gasteiger partial charge is 0.248 e. The Balaban J connectivity index is 2.23. The molecule has 1 amide bonds. The molecule has 1 aromatic carbocycles. The Morgan fingerprint density at radius 1 is 1.36 bits per heavy atom. The zero-order valence-corrected chi connectivity index (χ0v) is 16.9. The summed E-state index contributed by atoms with van der Waals surface area (Å²) in [5.41, 5.74) is 6.01. The number of aliphatic hydroxyl groups excluding tert-OH is 1. The first kappa shape index (κ1) is 21.6. The van der Waals surface area contributed by atoms with E-state index in [9.17, 15) is 9.90 Å². The number of amides is 1. The number of rotatable bonds is 7. The van der Waals surface area contributed by atoms with Gasteiger partial charge < -0.3 is 10.8 Å². The molecule has 4 N–H and O–H groups in total. The van der Waals surface area contributed by atoms with Crippen molar-refractivity contribution in [3.8, 4) is 11.8 Å². The molecule has 0 spiro atoms. The number of nitrogens with two attached hydrogens (primary N) is 1. The van der Waals surface area contributed by atoms with Crippen LogP contribution in [0.15, 0.2) is 36.7 Å². The fraction of sp³-hybridized carbons (Fsp3) is 0.476. The fourth-order valence-electron chi connectivity index (χ4n) is 2.70. The lowest BCUT2D eigenvalue weighted by molar-refractivity contribution is -0.127. The molecule has 0 saturated heterocycles. The second-order valence-electron chi connectivity index (χ2n) is 7.36. The summed E-state index contributed by atoms with van der Waals surface area (Å²) in [6, 6.07) is 8.86. The van der Waals surface area contributed by atoms with Crippen LogP contribution in [0, 0.1) is 17.3 Å². The van der Waals surface area contributed by atoms with Crippen molar-refractivity contribution >= 4 is 11.9 Å². The van der Waals surface area contributed by atoms with Gasteiger partial charge in [-0.1, -0.05) is 37.0 Å². The number of hydrogen-bond donors (Lipinski definition) is 3. The Labute approximate surface area is 166 Å². The predicted octanol–water partition coefficient (Wildman–Crippen LogP) is 2.34. The van der Waals surface area contributed by atoms with Gasteiger partial charge in [0.1, 0.15) is 6.33 Å². The second-order valence-corrected chi connectivity index (χ2v) is 7.36. The zero-order chi connectivity index (χ0) is 20.7. The minimum absolute atomic E-state index is 0.130. The van der Waals surface area contributed by atoms with Crippen LogP contribution in [-0.4, -0.2) is 37.9 Å². The van der Waals surface area contributed by atoms with E-state index in [0.29, 0.717) is 6.42 Å². The third kappa shape index (κ3) is 5.18. The standard InChI is InChI=1S/C21H29N5O2/c1-5-17(27)18(22)21(4,13-9-12-16-10-7-6-8-11-16)19(28)24-20-23-14-26(25-20)15(2)3/h6-8,10-11,14-15,17-18,27H,5,13,22H2,1-4H3,(H,24,25,28). The summed E-state index contributed by atoms with van der Waals surface area (Å²) >= 11 is 0. The van der Waals surface area contributed by atoms with E-state index < -0.39 is 17.6 Å². The summed E-state index contributed by atoms with van der Waals surface area (Å²) in [7, 11) is 0. The van der Waals surface area contributed by atoms with E-state index in [4.69, 9.17) is 5.73 Å². The minimum atomic E-state index is -1.11. The molecule has 3 unspecified atom stereocenters. The number of nitrogens with zero attached hydrogens (tertiary/aromatic N) is 3. The highest BCUT2D eigenvalue weighted by molar-refractivity contribution is 5.94. The van der Waals surface area contributed by atoms with Crippen molar-refractivity contribution in [3.05, 3.63) is 42.2 Å². The van der Waals surface area contributed by atoms with Gasteiger partial charge in [0.05, 0.1) is 11.5 Å². The van der Waals surface area contributed by atoms with Crippen LogP contribution < -0.4 is 11.1 Å². The van der Waals surface area contributed by atoms with E-state index in [1.807, 2.05) is 51.1 Å². The van der Waals surface area contributed by atoms with Gasteiger partial charge in [0, 0.05) is 24.1 Å². The first-order chi connectivity index (χ1) is 13.3. The maximum atomic E-state index is 13.1. The topological polar surface area (TPSA) is 106 Å². The molecule has 0 aliphatic rings. The average Bonchev–Trinajstić information content (AvgIpc) is 3.16. The number of carbonyl (C=O) groups is 1. The molecule has 2 rings (SSSR count). The highest BCUT2D eigenvalue weighted by atomic mass is 16.3. The van der Waals surface area contributed by atoms with E-state index in [1.54, 1.807) is 17.9 Å². The number of carbonyl (C=O) groups excluding carboxylic acids is 1. The van der Waals surface area contributed by atoms with Crippen LogP contribution in [-0.2, 0) is 4.79 Å². The van der Waals surface area contributed by atoms with E-state index in [-0.39, 0.29) is 24.3 Å². The van der Waals surface area contributed by atoms with Gasteiger partial charge in [-0.2, -0.15) is 0 Å². The van der Waals surface area contributed by atoms with Crippen LogP contribution in [0.25, 0.3) is 0 Å². The molecular weight excluding hydrogens is 354 g/mol. The van der Waals surface area contributed by atoms with Gasteiger partial charge in [-0.25, -0.2) is 9.67 Å². The van der Waals surface area contributed by atoms with Crippen LogP contribution in [0.3, 0.4) is 0 Å². The molecule has 0 bridgehead atoms. The SMILES string of the molecule is CCC(O)C(N)C(C)(CC#Cc1ccccc1)C(=O)Nc1ncn(C(C)C)n1. The summed E-state index contributed by atoms with van der Waals surface area (Å²) in [5.74, 6) is 5.93. The normalized spacial score (nSPS) is 15.2. The van der Waals surface area contributed by atoms with Crippen molar-refractivity contribution in [2.75, 3.05) is 5.32 Å². The van der Waals surface area contributed by atoms with E-state index >= 15 is 0 Å². The third-order valence-electron chi connectivity index (χ3n) is 4.81. The van der Waals surface area contributed by atoms with Gasteiger partial charge in [0.25, 0.3) is 0 Å². The highest BCUT2D eigenvalue weighted by Gasteiger charge is 2.42. The number of benzene rings is 1. The molecule has 0 aliphatic carbocycles. The van der Waals surface area contributed by atoms with Crippen molar-refractivity contribution in [2.24, 2.45) is 11.1 Å². The highest BCUT2D eigenvalue weighted by Crippen LogP contribution is 2.29. The summed E-state index contributed by atoms with van der Waals surface area (Å²) < 4.78 is 1.66. The molecule has 7 heteroatoms. The molecule has 150 valence electrons. The van der Waals surface area contributed by atoms with Gasteiger partial charge >= 0.3 is 0 Å². The lowest BCUT2D eigenvalue weighted by atomic mass is 9.75. The maximum Gasteiger partial charge on any atom is 0.248 e. The maximum absolute atomic E-state index is 13.1. The van der Waals surface area contributed by atoms with E-state index in [0.717, 1.165) is 5.56 Å². The number of aromatic nitrogens is 3. The third-order valence-corrected chi connectivity index (χ3v) is 4.81. The molecule has 1 heterocycles. The lowest BCUT2D eigenvalue weighted by Gasteiger charge is -2.34. The molecule has 0 fully saturated rings. The predicted molar refractivity (Wildman–Crippen MR) is 109 cm³/mol. The van der Waals surface area contributed by atoms with Crippen molar-refractivity contribution in [1.29, 1.82) is 0 Å². The molecule has 7 nitrogen and oxygen atoms in total. The van der Waals surface area contributed by atoms with E-state index in [2.05, 4.69) is 27.2 Å². The van der Waals surface area contributed by atoms with Crippen molar-refractivity contribution in [1.82, 2.24) is 14.8 Å². The van der Waals surface area contributed by atoms with Gasteiger partial charge in [-0.3, -0.25) is 10.1 Å². The quantitative estimate of drug-likeness (QED) is 0.636. The van der Waals surface area contributed by atoms with Gasteiger partial charge in [0.2, 0.25) is 11.9 Å². The molecule has 0 saturated carbocycles. The first-order valence-electron chi connectivity index (χ1n) is 9.48. The Morgan fingerprint density at radius 2 is 2.04 bits per heavy atom. The average molecular weight is 383 g/mol. The molecule has 0 aliphatic heterocycles. The number of nitrogens with one attached hydrogen (secondary N) is 1. The Morgan fingerprint density at radius 3 is 2.61 bits per heavy atom. The summed E-state index contributed by atoms with van der Waals surface area (Å²) in [5, 5.41) is 17.3. The van der Waals surface area contributed by atoms with Crippen LogP contribution in [0.2, 0.25) is 0 Å². The largest absolute Gasteiger partial charge is 0.391 e. The monoisotopic (exact) mass is 383 g/mol. The summed E-state index contributed by atoms with van der Waals surface area (Å²) in [4.78, 5) is 17.2. The lowest BCUT2D eigenvalue weighted by Crippen LogP contribution is -2.54. The Bertz CT molecular complexity index is 837. The molecule has 28 heavy (non-hydrogen) atoms. The summed E-state index contributed by atoms with van der Waals surface area (Å²) in [6.45, 7) is 7.48. The first-order valence-corrected chi connectivity index (χ1v) is 9.48. The number of aliphatic hydroxyl groups is 1. The van der Waals surface area contributed by atoms with Crippen LogP contribution in [0.5, 0.6) is 0 Å². The zero-order valence-electron chi connectivity index (χ0n) is 16.9. The van der Waals surface area contributed by atoms with Crippen molar-refractivity contribution < 1.29 is 9.90 Å². The molecule has 2 aromatic rings. The number of anilines is 1. The van der Waals surface area contributed by atoms with Gasteiger partial charge in [-0.05, 0) is 39.3 Å². The minimum Gasteiger partial charge on any atom is -0.391 e. The molecule has 1 aromatic heterocycles. The van der Waals surface area contributed by atoms with Gasteiger partial charge in [0.15, 0.2) is 0 Å². The van der Waals surface area contributed by atoms with Crippen molar-refractivity contribution in [3.63, 3.8) is 0 Å². The van der Waals surface area contributed by atoms with Crippen LogP contribution in [0.4, 0.5) is 5.95 Å². The molecule has 0 radical (unpaired) electrons. The Kier molecular flexibility index (Phi) is 7.32. The second kappa shape index (κ2) is 9.49. The fourth-order valence-corrected chi connectivity index (χ4v) is 2.70. The van der Waals surface area contributed by atoms with E-state index in [1.165, 1.54) is 0 Å². The Hall–Kier alpha value is -2.69. The molecular formula is C21H29N5O2. The summed E-state index contributed by atoms with van der Waals surface area (Å²) in [6.07, 6.45) is 1.37. The molecule has 3 atom stereocenters. The van der Waals surface area contributed by atoms with Crippen molar-refractivity contribution in [2.45, 2.75) is 58.7 Å². The van der Waals surface area contributed by atoms with Crippen LogP contribution in [0.1, 0.15) is 52.1 Å². The number of hydrogen-bond acceptors (Lipinski definition) is 5. The van der Waals surface area contributed by atoms with Crippen LogP contribution >= 0.6 is 0 Å².